The number of halogens is 1. The minimum absolute atomic E-state index is 0.00535. The third kappa shape index (κ3) is 3.96. The van der Waals surface area contributed by atoms with Gasteiger partial charge in [-0.3, -0.25) is 4.79 Å². The largest absolute Gasteiger partial charge is 0.497 e. The Morgan fingerprint density at radius 1 is 1.15 bits per heavy atom. The first-order chi connectivity index (χ1) is 12.6. The highest BCUT2D eigenvalue weighted by molar-refractivity contribution is 9.10. The van der Waals surface area contributed by atoms with Crippen molar-refractivity contribution in [3.8, 4) is 17.2 Å². The second kappa shape index (κ2) is 8.45. The Hall–Kier alpha value is -2.21. The number of likely N-dealkylation sites (tertiary alicyclic amines) is 1. The summed E-state index contributed by atoms with van der Waals surface area (Å²) in [5.74, 6) is 2.15. The molecule has 3 rings (SSSR count). The summed E-state index contributed by atoms with van der Waals surface area (Å²) < 4.78 is 17.4. The second-order valence-corrected chi connectivity index (χ2v) is 6.93. The van der Waals surface area contributed by atoms with Gasteiger partial charge in [0, 0.05) is 12.1 Å². The molecular formula is C20H22BrNO4. The van der Waals surface area contributed by atoms with E-state index in [1.807, 2.05) is 47.4 Å². The van der Waals surface area contributed by atoms with Crippen LogP contribution in [0.15, 0.2) is 46.9 Å². The van der Waals surface area contributed by atoms with Crippen molar-refractivity contribution < 1.29 is 19.0 Å². The Balaban J connectivity index is 1.75. The predicted octanol–water partition coefficient (Wildman–Crippen LogP) is 4.21. The van der Waals surface area contributed by atoms with E-state index in [1.165, 1.54) is 0 Å². The van der Waals surface area contributed by atoms with Crippen molar-refractivity contribution in [2.45, 2.75) is 18.9 Å². The number of carbonyl (C=O) groups is 1. The highest BCUT2D eigenvalue weighted by Crippen LogP contribution is 2.39. The van der Waals surface area contributed by atoms with Gasteiger partial charge in [0.15, 0.2) is 6.61 Å². The van der Waals surface area contributed by atoms with Crippen molar-refractivity contribution in [1.82, 2.24) is 4.90 Å². The Kier molecular flexibility index (Phi) is 6.04. The summed E-state index contributed by atoms with van der Waals surface area (Å²) in [6.45, 7) is 0.717. The topological polar surface area (TPSA) is 48.0 Å². The highest BCUT2D eigenvalue weighted by Gasteiger charge is 2.32. The van der Waals surface area contributed by atoms with Gasteiger partial charge in [-0.15, -0.1) is 0 Å². The van der Waals surface area contributed by atoms with Crippen LogP contribution >= 0.6 is 15.9 Å². The van der Waals surface area contributed by atoms with Crippen molar-refractivity contribution >= 4 is 21.8 Å². The first kappa shape index (κ1) is 18.6. The fourth-order valence-electron chi connectivity index (χ4n) is 3.27. The number of hydrogen-bond acceptors (Lipinski definition) is 4. The lowest BCUT2D eigenvalue weighted by Crippen LogP contribution is -2.34. The van der Waals surface area contributed by atoms with Crippen LogP contribution in [0.1, 0.15) is 24.4 Å². The van der Waals surface area contributed by atoms with Crippen LogP contribution in [-0.2, 0) is 4.79 Å². The SMILES string of the molecule is COc1ccc(OC)c([C@@H]2CCCN2C(=O)COc2ccccc2Br)c1. The molecule has 26 heavy (non-hydrogen) atoms. The molecule has 1 heterocycles. The van der Waals surface area contributed by atoms with Gasteiger partial charge in [-0.05, 0) is 59.1 Å². The molecule has 2 aromatic carbocycles. The van der Waals surface area contributed by atoms with E-state index in [0.717, 1.165) is 34.4 Å². The van der Waals surface area contributed by atoms with E-state index in [4.69, 9.17) is 14.2 Å². The summed E-state index contributed by atoms with van der Waals surface area (Å²) >= 11 is 3.43. The maximum atomic E-state index is 12.8. The third-order valence-corrected chi connectivity index (χ3v) is 5.21. The Morgan fingerprint density at radius 2 is 1.96 bits per heavy atom. The van der Waals surface area contributed by atoms with Crippen LogP contribution in [0.25, 0.3) is 0 Å². The number of rotatable bonds is 6. The number of nitrogens with zero attached hydrogens (tertiary/aromatic N) is 1. The van der Waals surface area contributed by atoms with Crippen LogP contribution in [0.3, 0.4) is 0 Å². The summed E-state index contributed by atoms with van der Waals surface area (Å²) in [4.78, 5) is 14.7. The summed E-state index contributed by atoms with van der Waals surface area (Å²) in [5.41, 5.74) is 0.971. The van der Waals surface area contributed by atoms with Gasteiger partial charge in [0.25, 0.3) is 5.91 Å². The lowest BCUT2D eigenvalue weighted by Gasteiger charge is -2.26. The number of methoxy groups -OCH3 is 2. The molecule has 1 saturated heterocycles. The van der Waals surface area contributed by atoms with Crippen LogP contribution < -0.4 is 14.2 Å². The van der Waals surface area contributed by atoms with E-state index in [9.17, 15) is 4.79 Å². The summed E-state index contributed by atoms with van der Waals surface area (Å²) in [7, 11) is 3.27. The predicted molar refractivity (Wildman–Crippen MR) is 103 cm³/mol. The van der Waals surface area contributed by atoms with E-state index in [-0.39, 0.29) is 18.6 Å². The Labute approximate surface area is 162 Å². The van der Waals surface area contributed by atoms with E-state index in [2.05, 4.69) is 15.9 Å². The van der Waals surface area contributed by atoms with Gasteiger partial charge in [-0.2, -0.15) is 0 Å². The third-order valence-electron chi connectivity index (χ3n) is 4.56. The molecule has 138 valence electrons. The van der Waals surface area contributed by atoms with Crippen LogP contribution in [0.4, 0.5) is 0 Å². The molecule has 0 unspecified atom stereocenters. The number of ether oxygens (including phenoxy) is 3. The Morgan fingerprint density at radius 3 is 2.69 bits per heavy atom. The molecular weight excluding hydrogens is 398 g/mol. The van der Waals surface area contributed by atoms with Crippen molar-refractivity contribution in [1.29, 1.82) is 0 Å². The fourth-order valence-corrected chi connectivity index (χ4v) is 3.67. The molecule has 0 aromatic heterocycles. The van der Waals surface area contributed by atoms with Crippen molar-refractivity contribution in [2.75, 3.05) is 27.4 Å². The maximum Gasteiger partial charge on any atom is 0.261 e. The van der Waals surface area contributed by atoms with E-state index < -0.39 is 0 Å². The molecule has 2 aromatic rings. The average Bonchev–Trinajstić information content (AvgIpc) is 3.16. The second-order valence-electron chi connectivity index (χ2n) is 6.07. The fraction of sp³-hybridized carbons (Fsp3) is 0.350. The number of para-hydroxylation sites is 1. The molecule has 1 aliphatic heterocycles. The molecule has 1 amide bonds. The monoisotopic (exact) mass is 419 g/mol. The molecule has 0 N–H and O–H groups in total. The summed E-state index contributed by atoms with van der Waals surface area (Å²) in [6.07, 6.45) is 1.84. The minimum Gasteiger partial charge on any atom is -0.497 e. The zero-order valence-electron chi connectivity index (χ0n) is 14.9. The van der Waals surface area contributed by atoms with Gasteiger partial charge in [0.1, 0.15) is 17.2 Å². The van der Waals surface area contributed by atoms with Crippen molar-refractivity contribution in [2.24, 2.45) is 0 Å². The molecule has 1 atom stereocenters. The quantitative estimate of drug-likeness (QED) is 0.703. The van der Waals surface area contributed by atoms with Gasteiger partial charge in [-0.25, -0.2) is 0 Å². The van der Waals surface area contributed by atoms with Crippen molar-refractivity contribution in [3.05, 3.63) is 52.5 Å². The molecule has 5 nitrogen and oxygen atoms in total. The van der Waals surface area contributed by atoms with E-state index in [0.29, 0.717) is 12.3 Å². The van der Waals surface area contributed by atoms with Crippen LogP contribution in [0.2, 0.25) is 0 Å². The van der Waals surface area contributed by atoms with Crippen LogP contribution in [-0.4, -0.2) is 38.2 Å². The summed E-state index contributed by atoms with van der Waals surface area (Å²) in [5, 5.41) is 0. The zero-order valence-corrected chi connectivity index (χ0v) is 16.5. The van der Waals surface area contributed by atoms with Gasteiger partial charge in [0.2, 0.25) is 0 Å². The summed E-state index contributed by atoms with van der Waals surface area (Å²) in [6, 6.07) is 13.2. The zero-order chi connectivity index (χ0) is 18.5. The van der Waals surface area contributed by atoms with Gasteiger partial charge >= 0.3 is 0 Å². The number of benzene rings is 2. The van der Waals surface area contributed by atoms with Crippen LogP contribution in [0, 0.1) is 0 Å². The maximum absolute atomic E-state index is 12.8. The smallest absolute Gasteiger partial charge is 0.261 e. The number of carbonyl (C=O) groups excluding carboxylic acids is 1. The number of amides is 1. The molecule has 0 spiro atoms. The van der Waals surface area contributed by atoms with Gasteiger partial charge in [0.05, 0.1) is 24.7 Å². The molecule has 1 fully saturated rings. The lowest BCUT2D eigenvalue weighted by atomic mass is 10.0. The number of hydrogen-bond donors (Lipinski definition) is 0. The molecule has 0 radical (unpaired) electrons. The van der Waals surface area contributed by atoms with Crippen molar-refractivity contribution in [3.63, 3.8) is 0 Å². The standard InChI is InChI=1S/C20H22BrNO4/c1-24-14-9-10-18(25-2)15(12-14)17-7-5-11-22(17)20(23)13-26-19-8-4-3-6-16(19)21/h3-4,6,8-10,12,17H,5,7,11,13H2,1-2H3/t17-/m0/s1. The average molecular weight is 420 g/mol. The normalized spacial score (nSPS) is 16.4. The van der Waals surface area contributed by atoms with Crippen LogP contribution in [0.5, 0.6) is 17.2 Å². The molecule has 1 aliphatic rings. The molecule has 0 bridgehead atoms. The molecule has 0 aliphatic carbocycles. The van der Waals surface area contributed by atoms with Gasteiger partial charge in [-0.1, -0.05) is 12.1 Å². The lowest BCUT2D eigenvalue weighted by molar-refractivity contribution is -0.134. The first-order valence-electron chi connectivity index (χ1n) is 8.52. The van der Waals surface area contributed by atoms with E-state index >= 15 is 0 Å². The van der Waals surface area contributed by atoms with Gasteiger partial charge < -0.3 is 19.1 Å². The highest BCUT2D eigenvalue weighted by atomic mass is 79.9. The van der Waals surface area contributed by atoms with E-state index in [1.54, 1.807) is 14.2 Å². The molecule has 6 heteroatoms. The molecule has 0 saturated carbocycles. The minimum atomic E-state index is -0.0341. The Bertz CT molecular complexity index is 780. The first-order valence-corrected chi connectivity index (χ1v) is 9.32.